The Morgan fingerprint density at radius 1 is 1.20 bits per heavy atom. The average Bonchev–Trinajstić information content (AvgIpc) is 3.37. The third kappa shape index (κ3) is 2.14. The standard InChI is InChI=1S/C14H18ClN5/c1-2-19-12(11(15)7-16-19)8-20-14(10-5-6-10)17-13(18-20)9-3-4-9/h7,9-10H,2-6,8H2,1H3. The Morgan fingerprint density at radius 3 is 2.60 bits per heavy atom. The second-order valence-corrected chi connectivity index (χ2v) is 6.20. The first-order valence-corrected chi connectivity index (χ1v) is 7.79. The van der Waals surface area contributed by atoms with Gasteiger partial charge < -0.3 is 0 Å². The van der Waals surface area contributed by atoms with Crippen molar-refractivity contribution in [3.63, 3.8) is 0 Å². The monoisotopic (exact) mass is 291 g/mol. The van der Waals surface area contributed by atoms with Crippen LogP contribution in [0, 0.1) is 0 Å². The number of hydrogen-bond acceptors (Lipinski definition) is 3. The fraction of sp³-hybridized carbons (Fsp3) is 0.643. The number of aromatic nitrogens is 5. The SMILES string of the molecule is CCn1ncc(Cl)c1Cn1nc(C2CC2)nc1C1CC1. The molecule has 2 saturated carbocycles. The van der Waals surface area contributed by atoms with E-state index >= 15 is 0 Å². The molecule has 0 aliphatic heterocycles. The minimum Gasteiger partial charge on any atom is -0.266 e. The van der Waals surface area contributed by atoms with Crippen LogP contribution in [0.5, 0.6) is 0 Å². The summed E-state index contributed by atoms with van der Waals surface area (Å²) in [5, 5.41) is 9.75. The van der Waals surface area contributed by atoms with Crippen molar-refractivity contribution < 1.29 is 0 Å². The Kier molecular flexibility index (Phi) is 2.84. The molecule has 5 nitrogen and oxygen atoms in total. The summed E-state index contributed by atoms with van der Waals surface area (Å²) in [7, 11) is 0. The zero-order valence-electron chi connectivity index (χ0n) is 11.6. The predicted molar refractivity (Wildman–Crippen MR) is 76.0 cm³/mol. The molecule has 0 spiro atoms. The molecule has 2 fully saturated rings. The van der Waals surface area contributed by atoms with E-state index in [-0.39, 0.29) is 0 Å². The van der Waals surface area contributed by atoms with E-state index in [9.17, 15) is 0 Å². The molecule has 4 rings (SSSR count). The quantitative estimate of drug-likeness (QED) is 0.851. The van der Waals surface area contributed by atoms with Gasteiger partial charge in [-0.1, -0.05) is 11.6 Å². The minimum atomic E-state index is 0.598. The molecule has 106 valence electrons. The molecule has 2 aromatic rings. The number of rotatable bonds is 5. The highest BCUT2D eigenvalue weighted by atomic mass is 35.5. The molecule has 2 aliphatic rings. The third-order valence-electron chi connectivity index (χ3n) is 4.10. The van der Waals surface area contributed by atoms with Crippen molar-refractivity contribution in [2.45, 2.75) is 57.5 Å². The summed E-state index contributed by atoms with van der Waals surface area (Å²) in [6.45, 7) is 3.58. The van der Waals surface area contributed by atoms with Crippen LogP contribution in [0.4, 0.5) is 0 Å². The van der Waals surface area contributed by atoms with Crippen LogP contribution in [0.15, 0.2) is 6.20 Å². The van der Waals surface area contributed by atoms with Crippen molar-refractivity contribution >= 4 is 11.6 Å². The van der Waals surface area contributed by atoms with Crippen molar-refractivity contribution in [3.05, 3.63) is 28.6 Å². The number of nitrogens with zero attached hydrogens (tertiary/aromatic N) is 5. The average molecular weight is 292 g/mol. The molecule has 0 unspecified atom stereocenters. The zero-order chi connectivity index (χ0) is 13.7. The molecule has 0 atom stereocenters. The van der Waals surface area contributed by atoms with Gasteiger partial charge in [0.15, 0.2) is 5.82 Å². The molecule has 20 heavy (non-hydrogen) atoms. The Morgan fingerprint density at radius 2 is 1.95 bits per heavy atom. The summed E-state index contributed by atoms with van der Waals surface area (Å²) in [6.07, 6.45) is 6.67. The Bertz CT molecular complexity index is 636. The molecule has 0 amide bonds. The first kappa shape index (κ1) is 12.4. The highest BCUT2D eigenvalue weighted by Gasteiger charge is 2.34. The molecule has 0 radical (unpaired) electrons. The summed E-state index contributed by atoms with van der Waals surface area (Å²) in [5.74, 6) is 3.38. The second kappa shape index (κ2) is 4.58. The van der Waals surface area contributed by atoms with Gasteiger partial charge in [0, 0.05) is 18.4 Å². The van der Waals surface area contributed by atoms with Crippen LogP contribution in [0.3, 0.4) is 0 Å². The van der Waals surface area contributed by atoms with Crippen LogP contribution < -0.4 is 0 Å². The molecule has 2 aliphatic carbocycles. The maximum Gasteiger partial charge on any atom is 0.154 e. The molecule has 0 aromatic carbocycles. The van der Waals surface area contributed by atoms with Gasteiger partial charge in [0.05, 0.1) is 23.5 Å². The van der Waals surface area contributed by atoms with E-state index in [1.165, 1.54) is 25.7 Å². The third-order valence-corrected chi connectivity index (χ3v) is 4.41. The van der Waals surface area contributed by atoms with Crippen molar-refractivity contribution in [2.24, 2.45) is 0 Å². The highest BCUT2D eigenvalue weighted by molar-refractivity contribution is 6.31. The van der Waals surface area contributed by atoms with Gasteiger partial charge in [0.25, 0.3) is 0 Å². The fourth-order valence-corrected chi connectivity index (χ4v) is 2.81. The molecule has 6 heteroatoms. The van der Waals surface area contributed by atoms with Gasteiger partial charge in [0.1, 0.15) is 5.82 Å². The molecule has 0 bridgehead atoms. The van der Waals surface area contributed by atoms with Crippen molar-refractivity contribution in [2.75, 3.05) is 0 Å². The normalized spacial score (nSPS) is 18.7. The Labute approximate surface area is 122 Å². The van der Waals surface area contributed by atoms with Crippen LogP contribution in [0.1, 0.15) is 61.8 Å². The van der Waals surface area contributed by atoms with E-state index in [0.29, 0.717) is 18.4 Å². The molecular weight excluding hydrogens is 274 g/mol. The van der Waals surface area contributed by atoms with Gasteiger partial charge in [-0.05, 0) is 32.6 Å². The summed E-state index contributed by atoms with van der Waals surface area (Å²) in [4.78, 5) is 4.78. The van der Waals surface area contributed by atoms with Crippen molar-refractivity contribution in [1.29, 1.82) is 0 Å². The first-order chi connectivity index (χ1) is 9.76. The lowest BCUT2D eigenvalue weighted by atomic mass is 10.3. The van der Waals surface area contributed by atoms with Crippen molar-refractivity contribution in [1.82, 2.24) is 24.5 Å². The molecule has 2 aromatic heterocycles. The molecular formula is C14H18ClN5. The van der Waals surface area contributed by atoms with Gasteiger partial charge in [-0.2, -0.15) is 10.2 Å². The topological polar surface area (TPSA) is 48.5 Å². The number of hydrogen-bond donors (Lipinski definition) is 0. The van der Waals surface area contributed by atoms with E-state index in [2.05, 4.69) is 16.7 Å². The van der Waals surface area contributed by atoms with Crippen LogP contribution in [-0.4, -0.2) is 24.5 Å². The van der Waals surface area contributed by atoms with Gasteiger partial charge in [-0.3, -0.25) is 4.68 Å². The van der Waals surface area contributed by atoms with E-state index in [0.717, 1.165) is 28.9 Å². The highest BCUT2D eigenvalue weighted by Crippen LogP contribution is 2.43. The summed E-state index contributed by atoms with van der Waals surface area (Å²) >= 11 is 6.26. The lowest BCUT2D eigenvalue weighted by Crippen LogP contribution is -2.12. The van der Waals surface area contributed by atoms with Crippen LogP contribution in [0.2, 0.25) is 5.02 Å². The smallest absolute Gasteiger partial charge is 0.154 e. The van der Waals surface area contributed by atoms with E-state index in [1.807, 2.05) is 4.68 Å². The van der Waals surface area contributed by atoms with Crippen LogP contribution in [0.25, 0.3) is 0 Å². The van der Waals surface area contributed by atoms with E-state index < -0.39 is 0 Å². The second-order valence-electron chi connectivity index (χ2n) is 5.79. The lowest BCUT2D eigenvalue weighted by molar-refractivity contribution is 0.559. The number of halogens is 1. The summed E-state index contributed by atoms with van der Waals surface area (Å²) < 4.78 is 4.00. The summed E-state index contributed by atoms with van der Waals surface area (Å²) in [6, 6.07) is 0. The van der Waals surface area contributed by atoms with Gasteiger partial charge in [-0.25, -0.2) is 9.67 Å². The van der Waals surface area contributed by atoms with Gasteiger partial charge >= 0.3 is 0 Å². The van der Waals surface area contributed by atoms with E-state index in [4.69, 9.17) is 21.7 Å². The Balaban J connectivity index is 1.68. The van der Waals surface area contributed by atoms with Gasteiger partial charge in [0.2, 0.25) is 0 Å². The minimum absolute atomic E-state index is 0.598. The Hall–Kier alpha value is -1.36. The molecule has 0 N–H and O–H groups in total. The van der Waals surface area contributed by atoms with E-state index in [1.54, 1.807) is 6.20 Å². The first-order valence-electron chi connectivity index (χ1n) is 7.41. The van der Waals surface area contributed by atoms with Crippen molar-refractivity contribution in [3.8, 4) is 0 Å². The molecule has 0 saturated heterocycles. The summed E-state index contributed by atoms with van der Waals surface area (Å²) in [5.41, 5.74) is 1.03. The zero-order valence-corrected chi connectivity index (χ0v) is 12.3. The number of aryl methyl sites for hydroxylation is 1. The van der Waals surface area contributed by atoms with Gasteiger partial charge in [-0.15, -0.1) is 0 Å². The largest absolute Gasteiger partial charge is 0.266 e. The van der Waals surface area contributed by atoms with Crippen LogP contribution in [-0.2, 0) is 13.1 Å². The fourth-order valence-electron chi connectivity index (χ4n) is 2.61. The molecule has 2 heterocycles. The lowest BCUT2D eigenvalue weighted by Gasteiger charge is -2.07. The maximum absolute atomic E-state index is 6.26. The predicted octanol–water partition coefficient (Wildman–Crippen LogP) is 2.95. The maximum atomic E-state index is 6.26. The van der Waals surface area contributed by atoms with Crippen LogP contribution >= 0.6 is 11.6 Å².